The van der Waals surface area contributed by atoms with E-state index in [0.29, 0.717) is 22.4 Å². The van der Waals surface area contributed by atoms with E-state index in [1.807, 2.05) is 0 Å². The third-order valence-corrected chi connectivity index (χ3v) is 4.87. The van der Waals surface area contributed by atoms with Crippen LogP contribution in [-0.4, -0.2) is 23.8 Å². The van der Waals surface area contributed by atoms with Crippen molar-refractivity contribution in [1.29, 1.82) is 0 Å². The number of hydrogen-bond acceptors (Lipinski definition) is 3. The Kier molecular flexibility index (Phi) is 3.84. The van der Waals surface area contributed by atoms with Crippen LogP contribution in [0.5, 0.6) is 0 Å². The molecule has 0 radical (unpaired) electrons. The van der Waals surface area contributed by atoms with Crippen LogP contribution in [0, 0.1) is 0 Å². The van der Waals surface area contributed by atoms with Crippen LogP contribution < -0.4 is 10.2 Å². The van der Waals surface area contributed by atoms with Crippen LogP contribution in [0.3, 0.4) is 0 Å². The maximum absolute atomic E-state index is 12.5. The van der Waals surface area contributed by atoms with E-state index in [2.05, 4.69) is 5.32 Å². The Bertz CT molecular complexity index is 816. The van der Waals surface area contributed by atoms with E-state index >= 15 is 0 Å². The average Bonchev–Trinajstić information content (AvgIpc) is 3.23. The summed E-state index contributed by atoms with van der Waals surface area (Å²) in [4.78, 5) is 38.4. The molecule has 1 heterocycles. The highest BCUT2D eigenvalue weighted by atomic mass is 16.2. The predicted octanol–water partition coefficient (Wildman–Crippen LogP) is 3.16. The summed E-state index contributed by atoms with van der Waals surface area (Å²) >= 11 is 0. The first-order valence-electron chi connectivity index (χ1n) is 8.54. The molecule has 2 aliphatic rings. The quantitative estimate of drug-likeness (QED) is 0.877. The van der Waals surface area contributed by atoms with Crippen molar-refractivity contribution < 1.29 is 14.4 Å². The lowest BCUT2D eigenvalue weighted by atomic mass is 10.1. The molecule has 25 heavy (non-hydrogen) atoms. The highest BCUT2D eigenvalue weighted by molar-refractivity contribution is 6.34. The average molecular weight is 334 g/mol. The number of nitrogens with zero attached hydrogens (tertiary/aromatic N) is 1. The highest BCUT2D eigenvalue weighted by Crippen LogP contribution is 2.28. The van der Waals surface area contributed by atoms with Gasteiger partial charge in [0.25, 0.3) is 17.7 Å². The molecule has 0 bridgehead atoms. The summed E-state index contributed by atoms with van der Waals surface area (Å²) in [5.41, 5.74) is 1.84. The van der Waals surface area contributed by atoms with Gasteiger partial charge in [-0.05, 0) is 49.2 Å². The molecule has 1 aliphatic carbocycles. The zero-order valence-corrected chi connectivity index (χ0v) is 13.7. The second kappa shape index (κ2) is 6.16. The number of amides is 3. The van der Waals surface area contributed by atoms with Crippen molar-refractivity contribution in [2.45, 2.75) is 31.7 Å². The molecule has 0 atom stereocenters. The minimum Gasteiger partial charge on any atom is -0.349 e. The molecular weight excluding hydrogens is 316 g/mol. The fourth-order valence-corrected chi connectivity index (χ4v) is 3.52. The van der Waals surface area contributed by atoms with Gasteiger partial charge in [0.1, 0.15) is 0 Å². The number of hydrogen-bond donors (Lipinski definition) is 1. The second-order valence-electron chi connectivity index (χ2n) is 6.49. The van der Waals surface area contributed by atoms with Crippen molar-refractivity contribution >= 4 is 23.4 Å². The first-order chi connectivity index (χ1) is 12.1. The van der Waals surface area contributed by atoms with Crippen LogP contribution >= 0.6 is 0 Å². The molecule has 1 N–H and O–H groups in total. The Morgan fingerprint density at radius 2 is 1.44 bits per heavy atom. The molecule has 4 rings (SSSR count). The normalized spacial score (nSPS) is 17.0. The van der Waals surface area contributed by atoms with E-state index in [-0.39, 0.29) is 23.8 Å². The van der Waals surface area contributed by atoms with Crippen LogP contribution in [0.15, 0.2) is 48.5 Å². The molecule has 0 saturated heterocycles. The Morgan fingerprint density at radius 1 is 0.880 bits per heavy atom. The van der Waals surface area contributed by atoms with Crippen LogP contribution in [0.25, 0.3) is 0 Å². The summed E-state index contributed by atoms with van der Waals surface area (Å²) in [6.07, 6.45) is 4.37. The lowest BCUT2D eigenvalue weighted by Crippen LogP contribution is -2.32. The van der Waals surface area contributed by atoms with Gasteiger partial charge in [0.15, 0.2) is 0 Å². The lowest BCUT2D eigenvalue weighted by Gasteiger charge is -2.15. The van der Waals surface area contributed by atoms with Crippen molar-refractivity contribution in [3.05, 3.63) is 65.2 Å². The molecule has 1 aliphatic heterocycles. The van der Waals surface area contributed by atoms with Gasteiger partial charge in [-0.2, -0.15) is 0 Å². The van der Waals surface area contributed by atoms with Gasteiger partial charge in [-0.1, -0.05) is 25.0 Å². The van der Waals surface area contributed by atoms with Crippen LogP contribution in [0.2, 0.25) is 0 Å². The SMILES string of the molecule is O=C(NC1CCCC1)c1ccc(N2C(=O)c3ccccc3C2=O)cc1. The summed E-state index contributed by atoms with van der Waals surface area (Å²) in [5, 5.41) is 3.03. The fourth-order valence-electron chi connectivity index (χ4n) is 3.52. The molecule has 126 valence electrons. The monoisotopic (exact) mass is 334 g/mol. The Hall–Kier alpha value is -2.95. The largest absolute Gasteiger partial charge is 0.349 e. The molecule has 2 aromatic rings. The molecule has 1 saturated carbocycles. The number of rotatable bonds is 3. The summed E-state index contributed by atoms with van der Waals surface area (Å²) in [7, 11) is 0. The van der Waals surface area contributed by atoms with Gasteiger partial charge >= 0.3 is 0 Å². The van der Waals surface area contributed by atoms with E-state index in [1.54, 1.807) is 48.5 Å². The molecular formula is C20H18N2O3. The number of imide groups is 1. The van der Waals surface area contributed by atoms with Crippen molar-refractivity contribution in [3.8, 4) is 0 Å². The Labute approximate surface area is 145 Å². The molecule has 0 spiro atoms. The minimum atomic E-state index is -0.330. The smallest absolute Gasteiger partial charge is 0.266 e. The Balaban J connectivity index is 1.54. The fraction of sp³-hybridized carbons (Fsp3) is 0.250. The van der Waals surface area contributed by atoms with Gasteiger partial charge in [-0.25, -0.2) is 4.90 Å². The van der Waals surface area contributed by atoms with Crippen molar-refractivity contribution in [1.82, 2.24) is 5.32 Å². The maximum Gasteiger partial charge on any atom is 0.266 e. The topological polar surface area (TPSA) is 66.5 Å². The minimum absolute atomic E-state index is 0.110. The highest BCUT2D eigenvalue weighted by Gasteiger charge is 2.36. The third kappa shape index (κ3) is 2.71. The molecule has 0 aromatic heterocycles. The second-order valence-corrected chi connectivity index (χ2v) is 6.49. The zero-order chi connectivity index (χ0) is 17.4. The number of anilines is 1. The molecule has 2 aromatic carbocycles. The van der Waals surface area contributed by atoms with Crippen LogP contribution in [0.4, 0.5) is 5.69 Å². The van der Waals surface area contributed by atoms with Gasteiger partial charge in [0.05, 0.1) is 16.8 Å². The van der Waals surface area contributed by atoms with Gasteiger partial charge in [-0.15, -0.1) is 0 Å². The summed E-state index contributed by atoms with van der Waals surface area (Å²) in [5.74, 6) is -0.770. The van der Waals surface area contributed by atoms with Gasteiger partial charge in [0.2, 0.25) is 0 Å². The third-order valence-electron chi connectivity index (χ3n) is 4.87. The van der Waals surface area contributed by atoms with Crippen LogP contribution in [-0.2, 0) is 0 Å². The van der Waals surface area contributed by atoms with Gasteiger partial charge in [0, 0.05) is 11.6 Å². The molecule has 1 fully saturated rings. The Morgan fingerprint density at radius 3 is 2.00 bits per heavy atom. The van der Waals surface area contributed by atoms with E-state index < -0.39 is 0 Å². The van der Waals surface area contributed by atoms with E-state index in [9.17, 15) is 14.4 Å². The molecule has 5 nitrogen and oxygen atoms in total. The van der Waals surface area contributed by atoms with E-state index in [0.717, 1.165) is 30.6 Å². The number of carbonyl (C=O) groups excluding carboxylic acids is 3. The van der Waals surface area contributed by atoms with Gasteiger partial charge < -0.3 is 5.32 Å². The number of benzene rings is 2. The molecule has 0 unspecified atom stereocenters. The number of nitrogens with one attached hydrogen (secondary N) is 1. The molecule has 5 heteroatoms. The maximum atomic E-state index is 12.5. The first-order valence-corrected chi connectivity index (χ1v) is 8.54. The van der Waals surface area contributed by atoms with Crippen LogP contribution in [0.1, 0.15) is 56.8 Å². The van der Waals surface area contributed by atoms with Gasteiger partial charge in [-0.3, -0.25) is 14.4 Å². The first kappa shape index (κ1) is 15.6. The predicted molar refractivity (Wildman–Crippen MR) is 93.7 cm³/mol. The summed E-state index contributed by atoms with van der Waals surface area (Å²) < 4.78 is 0. The standard InChI is InChI=1S/C20H18N2O3/c23-18(21-14-5-1-2-6-14)13-9-11-15(12-10-13)22-19(24)16-7-3-4-8-17(16)20(22)25/h3-4,7-12,14H,1-2,5-6H2,(H,21,23). The zero-order valence-electron chi connectivity index (χ0n) is 13.7. The number of carbonyl (C=O) groups is 3. The van der Waals surface area contributed by atoms with Crippen molar-refractivity contribution in [3.63, 3.8) is 0 Å². The number of fused-ring (bicyclic) bond motifs is 1. The summed E-state index contributed by atoms with van der Waals surface area (Å²) in [6, 6.07) is 13.6. The lowest BCUT2D eigenvalue weighted by molar-refractivity contribution is 0.0920. The van der Waals surface area contributed by atoms with E-state index in [1.165, 1.54) is 0 Å². The summed E-state index contributed by atoms with van der Waals surface area (Å²) in [6.45, 7) is 0. The van der Waals surface area contributed by atoms with E-state index in [4.69, 9.17) is 0 Å². The van der Waals surface area contributed by atoms with Crippen molar-refractivity contribution in [2.75, 3.05) is 4.90 Å². The molecule has 3 amide bonds. The van der Waals surface area contributed by atoms with Crippen molar-refractivity contribution in [2.24, 2.45) is 0 Å².